The maximum Gasteiger partial charge on any atom is 0.317 e. The van der Waals surface area contributed by atoms with Crippen molar-refractivity contribution in [3.05, 3.63) is 58.1 Å². The van der Waals surface area contributed by atoms with Crippen molar-refractivity contribution in [1.29, 1.82) is 0 Å². The van der Waals surface area contributed by atoms with Crippen LogP contribution in [-0.2, 0) is 6.54 Å². The molecule has 0 spiro atoms. The molecule has 1 aliphatic rings. The standard InChI is InChI=1S/C20H22Cl2N2O2S/c1-27-18-7-2-14(19(22)12-18)13-23-20(25)24-10-8-17(9-11-24)26-16-5-3-15(21)4-6-16/h2-7,12,17H,8-11,13H2,1H3,(H,23,25). The second-order valence-corrected chi connectivity index (χ2v) is 8.10. The number of likely N-dealkylation sites (tertiary alicyclic amines) is 1. The van der Waals surface area contributed by atoms with Crippen LogP contribution in [0.2, 0.25) is 10.0 Å². The number of thioether (sulfide) groups is 1. The quantitative estimate of drug-likeness (QED) is 0.646. The zero-order chi connectivity index (χ0) is 19.2. The van der Waals surface area contributed by atoms with Crippen LogP contribution >= 0.6 is 35.0 Å². The van der Waals surface area contributed by atoms with Gasteiger partial charge in [-0.1, -0.05) is 29.3 Å². The zero-order valence-corrected chi connectivity index (χ0v) is 17.4. The molecule has 4 nitrogen and oxygen atoms in total. The third-order valence-electron chi connectivity index (χ3n) is 4.54. The minimum atomic E-state index is -0.0649. The van der Waals surface area contributed by atoms with E-state index in [-0.39, 0.29) is 12.1 Å². The van der Waals surface area contributed by atoms with Gasteiger partial charge in [0, 0.05) is 47.4 Å². The SMILES string of the molecule is CSc1ccc(CNC(=O)N2CCC(Oc3ccc(Cl)cc3)CC2)c(Cl)c1. The summed E-state index contributed by atoms with van der Waals surface area (Å²) in [5.41, 5.74) is 0.920. The largest absolute Gasteiger partial charge is 0.490 e. The number of piperidine rings is 1. The molecule has 0 atom stereocenters. The van der Waals surface area contributed by atoms with Crippen LogP contribution in [0.4, 0.5) is 4.79 Å². The molecule has 0 aliphatic carbocycles. The number of hydrogen-bond donors (Lipinski definition) is 1. The lowest BCUT2D eigenvalue weighted by Gasteiger charge is -2.32. The number of benzene rings is 2. The van der Waals surface area contributed by atoms with Crippen LogP contribution in [0.3, 0.4) is 0 Å². The highest BCUT2D eigenvalue weighted by Crippen LogP contribution is 2.24. The summed E-state index contributed by atoms with van der Waals surface area (Å²) in [6.45, 7) is 1.76. The highest BCUT2D eigenvalue weighted by Gasteiger charge is 2.24. The molecule has 2 aromatic carbocycles. The van der Waals surface area contributed by atoms with E-state index in [2.05, 4.69) is 5.32 Å². The highest BCUT2D eigenvalue weighted by molar-refractivity contribution is 7.98. The van der Waals surface area contributed by atoms with Gasteiger partial charge in [-0.3, -0.25) is 0 Å². The lowest BCUT2D eigenvalue weighted by molar-refractivity contribution is 0.111. The molecule has 1 N–H and O–H groups in total. The molecule has 7 heteroatoms. The summed E-state index contributed by atoms with van der Waals surface area (Å²) in [7, 11) is 0. The van der Waals surface area contributed by atoms with E-state index in [1.54, 1.807) is 11.8 Å². The number of nitrogens with zero attached hydrogens (tertiary/aromatic N) is 1. The summed E-state index contributed by atoms with van der Waals surface area (Å²) in [6, 6.07) is 13.2. The molecule has 1 fully saturated rings. The number of carbonyl (C=O) groups is 1. The smallest absolute Gasteiger partial charge is 0.317 e. The van der Waals surface area contributed by atoms with Gasteiger partial charge in [-0.05, 0) is 48.2 Å². The fourth-order valence-corrected chi connectivity index (χ4v) is 3.84. The second-order valence-electron chi connectivity index (χ2n) is 6.37. The molecule has 1 saturated heterocycles. The molecule has 0 aromatic heterocycles. The molecule has 2 aromatic rings. The van der Waals surface area contributed by atoms with Crippen molar-refractivity contribution < 1.29 is 9.53 Å². The first-order chi connectivity index (χ1) is 13.0. The Morgan fingerprint density at radius 1 is 1.19 bits per heavy atom. The Kier molecular flexibility index (Phi) is 7.16. The first-order valence-electron chi connectivity index (χ1n) is 8.82. The molecule has 0 saturated carbocycles. The Morgan fingerprint density at radius 3 is 2.52 bits per heavy atom. The van der Waals surface area contributed by atoms with E-state index in [4.69, 9.17) is 27.9 Å². The predicted molar refractivity (Wildman–Crippen MR) is 112 cm³/mol. The number of hydrogen-bond acceptors (Lipinski definition) is 3. The first kappa shape index (κ1) is 20.2. The van der Waals surface area contributed by atoms with Gasteiger partial charge in [0.2, 0.25) is 0 Å². The van der Waals surface area contributed by atoms with Crippen LogP contribution < -0.4 is 10.1 Å². The molecule has 0 radical (unpaired) electrons. The van der Waals surface area contributed by atoms with Crippen LogP contribution in [0.5, 0.6) is 5.75 Å². The summed E-state index contributed by atoms with van der Waals surface area (Å²) in [5.74, 6) is 0.811. The van der Waals surface area contributed by atoms with Crippen molar-refractivity contribution in [3.63, 3.8) is 0 Å². The maximum absolute atomic E-state index is 12.4. The number of nitrogens with one attached hydrogen (secondary N) is 1. The summed E-state index contributed by atoms with van der Waals surface area (Å²) in [6.07, 6.45) is 3.73. The first-order valence-corrected chi connectivity index (χ1v) is 10.8. The lowest BCUT2D eigenvalue weighted by atomic mass is 10.1. The van der Waals surface area contributed by atoms with E-state index >= 15 is 0 Å². The number of halogens is 2. The minimum absolute atomic E-state index is 0.0649. The Labute approximate surface area is 174 Å². The van der Waals surface area contributed by atoms with E-state index in [0.29, 0.717) is 29.7 Å². The van der Waals surface area contributed by atoms with Gasteiger partial charge in [-0.2, -0.15) is 0 Å². The van der Waals surface area contributed by atoms with Crippen molar-refractivity contribution in [1.82, 2.24) is 10.2 Å². The molecular weight excluding hydrogens is 403 g/mol. The Hall–Kier alpha value is -1.56. The fraction of sp³-hybridized carbons (Fsp3) is 0.350. The van der Waals surface area contributed by atoms with Gasteiger partial charge >= 0.3 is 6.03 Å². The minimum Gasteiger partial charge on any atom is -0.490 e. The fourth-order valence-electron chi connectivity index (χ4n) is 2.96. The van der Waals surface area contributed by atoms with Crippen molar-refractivity contribution in [3.8, 4) is 5.75 Å². The van der Waals surface area contributed by atoms with E-state index < -0.39 is 0 Å². The van der Waals surface area contributed by atoms with E-state index in [1.807, 2.05) is 53.6 Å². The number of amides is 2. The normalized spacial score (nSPS) is 14.9. The third kappa shape index (κ3) is 5.71. The molecule has 0 unspecified atom stereocenters. The lowest BCUT2D eigenvalue weighted by Crippen LogP contribution is -2.46. The van der Waals surface area contributed by atoms with Crippen LogP contribution in [0.25, 0.3) is 0 Å². The van der Waals surface area contributed by atoms with Gasteiger partial charge in [-0.15, -0.1) is 11.8 Å². The number of urea groups is 1. The van der Waals surface area contributed by atoms with Crippen LogP contribution in [0, 0.1) is 0 Å². The molecule has 2 amide bonds. The van der Waals surface area contributed by atoms with Crippen molar-refractivity contribution in [2.24, 2.45) is 0 Å². The topological polar surface area (TPSA) is 41.6 Å². The Balaban J connectivity index is 1.45. The predicted octanol–water partition coefficient (Wildman–Crippen LogP) is 5.47. The number of carbonyl (C=O) groups excluding carboxylic acids is 1. The van der Waals surface area contributed by atoms with Crippen molar-refractivity contribution in [2.45, 2.75) is 30.4 Å². The van der Waals surface area contributed by atoms with Gasteiger partial charge in [0.05, 0.1) is 0 Å². The Bertz CT molecular complexity index is 778. The summed E-state index contributed by atoms with van der Waals surface area (Å²) in [4.78, 5) is 15.4. The van der Waals surface area contributed by atoms with Crippen LogP contribution in [0.1, 0.15) is 18.4 Å². The number of ether oxygens (including phenoxy) is 1. The molecule has 1 aliphatic heterocycles. The van der Waals surface area contributed by atoms with Gasteiger partial charge in [-0.25, -0.2) is 4.79 Å². The van der Waals surface area contributed by atoms with Crippen LogP contribution in [-0.4, -0.2) is 36.4 Å². The second kappa shape index (κ2) is 9.58. The van der Waals surface area contributed by atoms with E-state index in [1.165, 1.54) is 0 Å². The maximum atomic E-state index is 12.4. The molecule has 27 heavy (non-hydrogen) atoms. The highest BCUT2D eigenvalue weighted by atomic mass is 35.5. The average molecular weight is 425 g/mol. The van der Waals surface area contributed by atoms with Gasteiger partial charge in [0.15, 0.2) is 0 Å². The monoisotopic (exact) mass is 424 g/mol. The Morgan fingerprint density at radius 2 is 1.89 bits per heavy atom. The summed E-state index contributed by atoms with van der Waals surface area (Å²) < 4.78 is 5.97. The molecular formula is C20H22Cl2N2O2S. The van der Waals surface area contributed by atoms with E-state index in [9.17, 15) is 4.79 Å². The molecule has 1 heterocycles. The van der Waals surface area contributed by atoms with Gasteiger partial charge in [0.1, 0.15) is 11.9 Å². The van der Waals surface area contributed by atoms with E-state index in [0.717, 1.165) is 29.1 Å². The molecule has 0 bridgehead atoms. The number of rotatable bonds is 5. The van der Waals surface area contributed by atoms with Gasteiger partial charge < -0.3 is 15.0 Å². The van der Waals surface area contributed by atoms with Crippen molar-refractivity contribution in [2.75, 3.05) is 19.3 Å². The third-order valence-corrected chi connectivity index (χ3v) is 5.87. The van der Waals surface area contributed by atoms with Gasteiger partial charge in [0.25, 0.3) is 0 Å². The van der Waals surface area contributed by atoms with Crippen LogP contribution in [0.15, 0.2) is 47.4 Å². The molecule has 144 valence electrons. The van der Waals surface area contributed by atoms with Crippen molar-refractivity contribution >= 4 is 41.0 Å². The molecule has 3 rings (SSSR count). The zero-order valence-electron chi connectivity index (χ0n) is 15.1. The summed E-state index contributed by atoms with van der Waals surface area (Å²) in [5, 5.41) is 4.33. The summed E-state index contributed by atoms with van der Waals surface area (Å²) >= 11 is 13.8. The average Bonchev–Trinajstić information content (AvgIpc) is 2.69.